The fourth-order valence-electron chi connectivity index (χ4n) is 2.01. The summed E-state index contributed by atoms with van der Waals surface area (Å²) in [6.45, 7) is 4.92. The number of fused-ring (bicyclic) bond motifs is 1. The van der Waals surface area contributed by atoms with E-state index in [9.17, 15) is 4.79 Å². The van der Waals surface area contributed by atoms with Gasteiger partial charge in [0.25, 0.3) is 0 Å². The quantitative estimate of drug-likeness (QED) is 0.853. The summed E-state index contributed by atoms with van der Waals surface area (Å²) < 4.78 is 0.992. The maximum absolute atomic E-state index is 11.1. The van der Waals surface area contributed by atoms with Crippen molar-refractivity contribution < 1.29 is 9.90 Å². The summed E-state index contributed by atoms with van der Waals surface area (Å²) in [4.78, 5) is 17.4. The van der Waals surface area contributed by atoms with E-state index >= 15 is 0 Å². The molecule has 2 aliphatic rings. The first-order valence-corrected chi connectivity index (χ1v) is 6.69. The van der Waals surface area contributed by atoms with Crippen LogP contribution in [0.25, 0.3) is 0 Å². The van der Waals surface area contributed by atoms with Crippen LogP contribution in [0.5, 0.6) is 0 Å². The van der Waals surface area contributed by atoms with Gasteiger partial charge in [0.1, 0.15) is 5.82 Å². The van der Waals surface area contributed by atoms with Crippen LogP contribution in [0.4, 0.5) is 0 Å². The van der Waals surface area contributed by atoms with Crippen LogP contribution in [0.15, 0.2) is 38.7 Å². The highest BCUT2D eigenvalue weighted by atomic mass is 79.9. The Morgan fingerprint density at radius 3 is 2.89 bits per heavy atom. The number of allylic oxidation sites excluding steroid dienone is 3. The Bertz CT molecular complexity index is 515. The van der Waals surface area contributed by atoms with Gasteiger partial charge in [-0.3, -0.25) is 0 Å². The van der Waals surface area contributed by atoms with Crippen molar-refractivity contribution in [1.29, 1.82) is 0 Å². The predicted octanol–water partition coefficient (Wildman–Crippen LogP) is 3.04. The third-order valence-electron chi connectivity index (χ3n) is 3.12. The number of carboxylic acids is 1. The molecule has 0 unspecified atom stereocenters. The zero-order valence-electron chi connectivity index (χ0n) is 10.4. The van der Waals surface area contributed by atoms with E-state index in [4.69, 9.17) is 5.11 Å². The molecule has 96 valence electrons. The molecule has 2 rings (SSSR count). The number of nitrogens with zero attached hydrogens (tertiary/aromatic N) is 2. The molecule has 0 aliphatic carbocycles. The second-order valence-corrected chi connectivity index (χ2v) is 5.18. The van der Waals surface area contributed by atoms with Crippen LogP contribution in [-0.2, 0) is 4.79 Å². The van der Waals surface area contributed by atoms with Crippen LogP contribution in [0.3, 0.4) is 0 Å². The molecule has 0 aromatic rings. The van der Waals surface area contributed by atoms with Crippen molar-refractivity contribution in [1.82, 2.24) is 4.90 Å². The lowest BCUT2D eigenvalue weighted by molar-refractivity contribution is -0.129. The topological polar surface area (TPSA) is 52.9 Å². The molecule has 0 radical (unpaired) electrons. The van der Waals surface area contributed by atoms with Crippen molar-refractivity contribution >= 4 is 27.6 Å². The Morgan fingerprint density at radius 2 is 2.28 bits per heavy atom. The monoisotopic (exact) mass is 310 g/mol. The Labute approximate surface area is 115 Å². The Morgan fingerprint density at radius 1 is 1.56 bits per heavy atom. The minimum atomic E-state index is -0.984. The molecule has 2 heterocycles. The van der Waals surface area contributed by atoms with E-state index in [2.05, 4.69) is 32.7 Å². The highest BCUT2D eigenvalue weighted by molar-refractivity contribution is 9.11. The van der Waals surface area contributed by atoms with Crippen LogP contribution in [0.1, 0.15) is 26.7 Å². The molecular formula is C13H15BrN2O2. The molecule has 0 atom stereocenters. The van der Waals surface area contributed by atoms with Gasteiger partial charge in [-0.05, 0) is 31.9 Å². The maximum Gasteiger partial charge on any atom is 0.354 e. The molecular weight excluding hydrogens is 296 g/mol. The van der Waals surface area contributed by atoms with E-state index in [1.54, 1.807) is 6.08 Å². The zero-order valence-corrected chi connectivity index (χ0v) is 12.0. The van der Waals surface area contributed by atoms with Gasteiger partial charge >= 0.3 is 5.97 Å². The fourth-order valence-corrected chi connectivity index (χ4v) is 2.41. The first-order chi connectivity index (χ1) is 8.52. The average Bonchev–Trinajstić information content (AvgIpc) is 2.48. The van der Waals surface area contributed by atoms with Crippen LogP contribution in [-0.4, -0.2) is 28.2 Å². The van der Waals surface area contributed by atoms with Gasteiger partial charge in [-0.2, -0.15) is 0 Å². The van der Waals surface area contributed by atoms with E-state index in [1.165, 1.54) is 5.57 Å². The predicted molar refractivity (Wildman–Crippen MR) is 74.5 cm³/mol. The lowest BCUT2D eigenvalue weighted by Gasteiger charge is -2.29. The normalized spacial score (nSPS) is 19.7. The summed E-state index contributed by atoms with van der Waals surface area (Å²) in [6.07, 6.45) is 5.29. The second-order valence-electron chi connectivity index (χ2n) is 4.32. The Balaban J connectivity index is 2.47. The SMILES string of the molecule is CCC1=CC(C(=O)O)=NC2=CC(Br)=C(C)CCN12. The van der Waals surface area contributed by atoms with Gasteiger partial charge < -0.3 is 10.0 Å². The standard InChI is InChI=1S/C13H15BrN2O2/c1-3-9-6-11(13(17)18)15-12-7-10(14)8(2)4-5-16(9)12/h6-7H,3-5H2,1-2H3,(H,17,18). The number of hydrogen-bond donors (Lipinski definition) is 1. The second kappa shape index (κ2) is 5.10. The van der Waals surface area contributed by atoms with Gasteiger partial charge in [-0.15, -0.1) is 0 Å². The Hall–Kier alpha value is -1.36. The molecule has 18 heavy (non-hydrogen) atoms. The van der Waals surface area contributed by atoms with E-state index in [0.717, 1.165) is 29.6 Å². The lowest BCUT2D eigenvalue weighted by atomic mass is 10.1. The molecule has 2 aliphatic heterocycles. The molecule has 0 fully saturated rings. The van der Waals surface area contributed by atoms with E-state index < -0.39 is 5.97 Å². The van der Waals surface area contributed by atoms with Gasteiger partial charge in [0.05, 0.1) is 0 Å². The summed E-state index contributed by atoms with van der Waals surface area (Å²) in [5, 5.41) is 9.09. The van der Waals surface area contributed by atoms with Gasteiger partial charge in [0.2, 0.25) is 0 Å². The number of carbonyl (C=O) groups is 1. The zero-order chi connectivity index (χ0) is 13.3. The fraction of sp³-hybridized carbons (Fsp3) is 0.385. The molecule has 1 N–H and O–H groups in total. The van der Waals surface area contributed by atoms with Crippen molar-refractivity contribution in [2.75, 3.05) is 6.54 Å². The van der Waals surface area contributed by atoms with Gasteiger partial charge in [-0.1, -0.05) is 28.4 Å². The average molecular weight is 311 g/mol. The molecule has 0 saturated carbocycles. The van der Waals surface area contributed by atoms with Crippen molar-refractivity contribution in [2.24, 2.45) is 4.99 Å². The molecule has 0 aromatic heterocycles. The van der Waals surface area contributed by atoms with Crippen LogP contribution >= 0.6 is 15.9 Å². The molecule has 0 bridgehead atoms. The molecule has 0 aromatic carbocycles. The molecule has 5 heteroatoms. The summed E-state index contributed by atoms with van der Waals surface area (Å²) in [6, 6.07) is 0. The number of carboxylic acid groups (broad SMARTS) is 1. The number of aliphatic carboxylic acids is 1. The minimum Gasteiger partial charge on any atom is -0.477 e. The van der Waals surface area contributed by atoms with Crippen LogP contribution < -0.4 is 0 Å². The maximum atomic E-state index is 11.1. The molecule has 0 saturated heterocycles. The molecule has 0 spiro atoms. The smallest absolute Gasteiger partial charge is 0.354 e. The first kappa shape index (κ1) is 13.1. The number of halogens is 1. The van der Waals surface area contributed by atoms with Gasteiger partial charge in [-0.25, -0.2) is 9.79 Å². The van der Waals surface area contributed by atoms with Gasteiger partial charge in [0.15, 0.2) is 5.71 Å². The number of aliphatic imine (C=N–C) groups is 1. The van der Waals surface area contributed by atoms with Crippen LogP contribution in [0, 0.1) is 0 Å². The van der Waals surface area contributed by atoms with Gasteiger partial charge in [0, 0.05) is 16.7 Å². The van der Waals surface area contributed by atoms with Crippen molar-refractivity contribution in [3.63, 3.8) is 0 Å². The van der Waals surface area contributed by atoms with Crippen molar-refractivity contribution in [3.05, 3.63) is 33.7 Å². The van der Waals surface area contributed by atoms with Crippen LogP contribution in [0.2, 0.25) is 0 Å². The first-order valence-electron chi connectivity index (χ1n) is 5.90. The van der Waals surface area contributed by atoms with E-state index in [0.29, 0.717) is 5.82 Å². The van der Waals surface area contributed by atoms with E-state index in [-0.39, 0.29) is 5.71 Å². The highest BCUT2D eigenvalue weighted by Gasteiger charge is 2.23. The summed E-state index contributed by atoms with van der Waals surface area (Å²) in [7, 11) is 0. The third-order valence-corrected chi connectivity index (χ3v) is 4.02. The number of hydrogen-bond acceptors (Lipinski definition) is 3. The van der Waals surface area contributed by atoms with Crippen molar-refractivity contribution in [2.45, 2.75) is 26.7 Å². The van der Waals surface area contributed by atoms with Crippen molar-refractivity contribution in [3.8, 4) is 0 Å². The Kier molecular flexibility index (Phi) is 3.71. The van der Waals surface area contributed by atoms with E-state index in [1.807, 2.05) is 13.0 Å². The molecule has 4 nitrogen and oxygen atoms in total. The minimum absolute atomic E-state index is 0.106. The lowest BCUT2D eigenvalue weighted by Crippen LogP contribution is -2.28. The third kappa shape index (κ3) is 2.41. The number of rotatable bonds is 2. The molecule has 0 amide bonds. The highest BCUT2D eigenvalue weighted by Crippen LogP contribution is 2.30. The summed E-state index contributed by atoms with van der Waals surface area (Å²) >= 11 is 3.50. The largest absolute Gasteiger partial charge is 0.477 e. The summed E-state index contributed by atoms with van der Waals surface area (Å²) in [5.74, 6) is -0.280. The summed E-state index contributed by atoms with van der Waals surface area (Å²) in [5.41, 5.74) is 2.36.